The van der Waals surface area contributed by atoms with Gasteiger partial charge in [0.05, 0.1) is 0 Å². The Bertz CT molecular complexity index is 301. The van der Waals surface area contributed by atoms with Crippen molar-refractivity contribution >= 4 is 0 Å². The van der Waals surface area contributed by atoms with Crippen molar-refractivity contribution in [1.82, 2.24) is 0 Å². The second kappa shape index (κ2) is 3.26. The molecule has 0 saturated carbocycles. The molecule has 0 fully saturated rings. The van der Waals surface area contributed by atoms with E-state index >= 15 is 0 Å². The normalized spacial score (nSPS) is 25.7. The topological polar surface area (TPSA) is 44.5 Å². The first kappa shape index (κ1) is 8.38. The van der Waals surface area contributed by atoms with Crippen LogP contribution in [0.1, 0.15) is 6.92 Å². The van der Waals surface area contributed by atoms with E-state index < -0.39 is 0 Å². The lowest BCUT2D eigenvalue weighted by atomic mass is 10.2. The number of hydrogen-bond acceptors (Lipinski definition) is 3. The van der Waals surface area contributed by atoms with E-state index in [0.717, 1.165) is 11.5 Å². The molecule has 0 amide bonds. The number of para-hydroxylation sites is 2. The fraction of sp³-hybridized carbons (Fsp3) is 0.400. The maximum atomic E-state index is 5.64. The predicted molar refractivity (Wildman–Crippen MR) is 50.0 cm³/mol. The van der Waals surface area contributed by atoms with Crippen molar-refractivity contribution in [2.45, 2.75) is 19.1 Å². The third-order valence-corrected chi connectivity index (χ3v) is 2.20. The number of ether oxygens (including phenoxy) is 2. The van der Waals surface area contributed by atoms with Crippen LogP contribution in [0.15, 0.2) is 24.3 Å². The van der Waals surface area contributed by atoms with Crippen LogP contribution in [-0.2, 0) is 0 Å². The van der Waals surface area contributed by atoms with Crippen molar-refractivity contribution < 1.29 is 9.47 Å². The van der Waals surface area contributed by atoms with Crippen LogP contribution in [0.5, 0.6) is 11.5 Å². The Morgan fingerprint density at radius 1 is 1.23 bits per heavy atom. The molecule has 0 aromatic heterocycles. The zero-order chi connectivity index (χ0) is 9.26. The van der Waals surface area contributed by atoms with E-state index in [2.05, 4.69) is 0 Å². The molecule has 0 bridgehead atoms. The number of rotatable bonds is 1. The van der Waals surface area contributed by atoms with Crippen LogP contribution >= 0.6 is 0 Å². The summed E-state index contributed by atoms with van der Waals surface area (Å²) in [6.07, 6.45) is -0.00481. The van der Waals surface area contributed by atoms with Crippen molar-refractivity contribution in [3.63, 3.8) is 0 Å². The lowest BCUT2D eigenvalue weighted by molar-refractivity contribution is 0.0371. The molecule has 3 nitrogen and oxygen atoms in total. The maximum Gasteiger partial charge on any atom is 0.161 e. The number of hydrogen-bond donors (Lipinski definition) is 1. The van der Waals surface area contributed by atoms with Crippen molar-refractivity contribution in [1.29, 1.82) is 0 Å². The van der Waals surface area contributed by atoms with Gasteiger partial charge in [-0.25, -0.2) is 0 Å². The Morgan fingerprint density at radius 2 is 1.85 bits per heavy atom. The van der Waals surface area contributed by atoms with Crippen LogP contribution in [-0.4, -0.2) is 18.8 Å². The Balaban J connectivity index is 2.27. The molecule has 1 aliphatic heterocycles. The van der Waals surface area contributed by atoms with Crippen LogP contribution in [0.3, 0.4) is 0 Å². The predicted octanol–water partition coefficient (Wildman–Crippen LogP) is 1.17. The van der Waals surface area contributed by atoms with Crippen LogP contribution in [0, 0.1) is 0 Å². The smallest absolute Gasteiger partial charge is 0.161 e. The second-order valence-corrected chi connectivity index (χ2v) is 3.16. The first-order chi connectivity index (χ1) is 6.31. The third kappa shape index (κ3) is 1.47. The minimum atomic E-state index is -0.0325. The van der Waals surface area contributed by atoms with Gasteiger partial charge < -0.3 is 15.2 Å². The molecule has 13 heavy (non-hydrogen) atoms. The highest BCUT2D eigenvalue weighted by atomic mass is 16.6. The highest BCUT2D eigenvalue weighted by Crippen LogP contribution is 2.32. The molecule has 1 aromatic rings. The molecular formula is C10H13NO2. The van der Waals surface area contributed by atoms with E-state index in [1.807, 2.05) is 31.2 Å². The van der Waals surface area contributed by atoms with E-state index in [-0.39, 0.29) is 12.2 Å². The van der Waals surface area contributed by atoms with Gasteiger partial charge in [-0.1, -0.05) is 12.1 Å². The maximum absolute atomic E-state index is 5.64. The molecule has 0 spiro atoms. The van der Waals surface area contributed by atoms with Crippen molar-refractivity contribution in [3.05, 3.63) is 24.3 Å². The summed E-state index contributed by atoms with van der Waals surface area (Å²) in [5.74, 6) is 1.59. The summed E-state index contributed by atoms with van der Waals surface area (Å²) in [4.78, 5) is 0. The summed E-state index contributed by atoms with van der Waals surface area (Å²) in [7, 11) is 0. The summed E-state index contributed by atoms with van der Waals surface area (Å²) < 4.78 is 11.3. The van der Waals surface area contributed by atoms with Crippen LogP contribution < -0.4 is 15.2 Å². The van der Waals surface area contributed by atoms with Gasteiger partial charge in [0, 0.05) is 6.54 Å². The summed E-state index contributed by atoms with van der Waals surface area (Å²) in [5, 5.41) is 0. The highest BCUT2D eigenvalue weighted by molar-refractivity contribution is 5.41. The molecule has 1 heterocycles. The Morgan fingerprint density at radius 3 is 2.46 bits per heavy atom. The van der Waals surface area contributed by atoms with Gasteiger partial charge in [-0.3, -0.25) is 0 Å². The minimum Gasteiger partial charge on any atom is -0.483 e. The Hall–Kier alpha value is -1.22. The molecule has 2 N–H and O–H groups in total. The number of nitrogens with two attached hydrogens (primary N) is 1. The molecule has 1 aliphatic rings. The van der Waals surface area contributed by atoms with Gasteiger partial charge in [-0.2, -0.15) is 0 Å². The fourth-order valence-electron chi connectivity index (χ4n) is 1.42. The average molecular weight is 179 g/mol. The van der Waals surface area contributed by atoms with Gasteiger partial charge in [0.1, 0.15) is 12.2 Å². The van der Waals surface area contributed by atoms with Crippen LogP contribution in [0.25, 0.3) is 0 Å². The zero-order valence-electron chi connectivity index (χ0n) is 7.57. The summed E-state index contributed by atoms with van der Waals surface area (Å²) in [6, 6.07) is 7.64. The van der Waals surface area contributed by atoms with Gasteiger partial charge in [0.25, 0.3) is 0 Å². The first-order valence-corrected chi connectivity index (χ1v) is 4.43. The summed E-state index contributed by atoms with van der Waals surface area (Å²) in [6.45, 7) is 2.45. The van der Waals surface area contributed by atoms with Crippen molar-refractivity contribution in [3.8, 4) is 11.5 Å². The highest BCUT2D eigenvalue weighted by Gasteiger charge is 2.26. The largest absolute Gasteiger partial charge is 0.483 e. The first-order valence-electron chi connectivity index (χ1n) is 4.43. The summed E-state index contributed by atoms with van der Waals surface area (Å²) >= 11 is 0. The molecule has 3 heteroatoms. The molecule has 1 aromatic carbocycles. The van der Waals surface area contributed by atoms with Gasteiger partial charge in [0.15, 0.2) is 11.5 Å². The third-order valence-electron chi connectivity index (χ3n) is 2.20. The minimum absolute atomic E-state index is 0.0277. The van der Waals surface area contributed by atoms with Gasteiger partial charge in [0.2, 0.25) is 0 Å². The number of benzene rings is 1. The average Bonchev–Trinajstić information content (AvgIpc) is 2.17. The van der Waals surface area contributed by atoms with Gasteiger partial charge in [-0.05, 0) is 19.1 Å². The van der Waals surface area contributed by atoms with E-state index in [9.17, 15) is 0 Å². The molecule has 0 aliphatic carbocycles. The second-order valence-electron chi connectivity index (χ2n) is 3.16. The van der Waals surface area contributed by atoms with Crippen molar-refractivity contribution in [2.24, 2.45) is 5.73 Å². The lowest BCUT2D eigenvalue weighted by Gasteiger charge is -2.31. The Labute approximate surface area is 77.5 Å². The van der Waals surface area contributed by atoms with Crippen LogP contribution in [0.2, 0.25) is 0 Å². The monoisotopic (exact) mass is 179 g/mol. The molecule has 2 unspecified atom stereocenters. The standard InChI is InChI=1S/C10H13NO2/c1-7-10(6-11)13-9-5-3-2-4-8(9)12-7/h2-5,7,10H,6,11H2,1H3. The molecule has 0 radical (unpaired) electrons. The van der Waals surface area contributed by atoms with E-state index in [4.69, 9.17) is 15.2 Å². The quantitative estimate of drug-likeness (QED) is 0.704. The van der Waals surface area contributed by atoms with Crippen molar-refractivity contribution in [2.75, 3.05) is 6.54 Å². The van der Waals surface area contributed by atoms with E-state index in [0.29, 0.717) is 6.54 Å². The fourth-order valence-corrected chi connectivity index (χ4v) is 1.42. The molecule has 2 atom stereocenters. The Kier molecular flexibility index (Phi) is 2.10. The van der Waals surface area contributed by atoms with Gasteiger partial charge >= 0.3 is 0 Å². The lowest BCUT2D eigenvalue weighted by Crippen LogP contribution is -2.42. The molecule has 70 valence electrons. The molecule has 2 rings (SSSR count). The molecule has 0 saturated heterocycles. The SMILES string of the molecule is CC1Oc2ccccc2OC1CN. The zero-order valence-corrected chi connectivity index (χ0v) is 7.57. The van der Waals surface area contributed by atoms with Gasteiger partial charge in [-0.15, -0.1) is 0 Å². The van der Waals surface area contributed by atoms with E-state index in [1.165, 1.54) is 0 Å². The number of fused-ring (bicyclic) bond motifs is 1. The van der Waals surface area contributed by atoms with E-state index in [1.54, 1.807) is 0 Å². The van der Waals surface area contributed by atoms with Crippen LogP contribution in [0.4, 0.5) is 0 Å². The summed E-state index contributed by atoms with van der Waals surface area (Å²) in [5.41, 5.74) is 5.55. The molecular weight excluding hydrogens is 166 g/mol.